The largest absolute Gasteiger partial charge is 0.327 e. The summed E-state index contributed by atoms with van der Waals surface area (Å²) in [4.78, 5) is 4.90. The highest BCUT2D eigenvalue weighted by Gasteiger charge is 2.15. The van der Waals surface area contributed by atoms with Crippen molar-refractivity contribution in [2.24, 2.45) is 7.05 Å². The van der Waals surface area contributed by atoms with Crippen LogP contribution in [0.5, 0.6) is 0 Å². The van der Waals surface area contributed by atoms with Crippen LogP contribution >= 0.6 is 0 Å². The van der Waals surface area contributed by atoms with Crippen LogP contribution in [0.1, 0.15) is 0 Å². The van der Waals surface area contributed by atoms with Gasteiger partial charge >= 0.3 is 0 Å². The van der Waals surface area contributed by atoms with Gasteiger partial charge in [-0.3, -0.25) is 0 Å². The smallest absolute Gasteiger partial charge is 0.140 e. The van der Waals surface area contributed by atoms with E-state index < -0.39 is 0 Å². The number of hydrogen-bond donors (Lipinski definition) is 0. The summed E-state index contributed by atoms with van der Waals surface area (Å²) in [5, 5.41) is 10.4. The third kappa shape index (κ3) is 2.98. The summed E-state index contributed by atoms with van der Waals surface area (Å²) < 4.78 is 2.17. The maximum Gasteiger partial charge on any atom is 0.140 e. The lowest BCUT2D eigenvalue weighted by molar-refractivity contribution is 0.959. The fraction of sp³-hybridized carbons (Fsp3) is 0.0278. The van der Waals surface area contributed by atoms with Crippen molar-refractivity contribution in [3.05, 3.63) is 127 Å². The van der Waals surface area contributed by atoms with Crippen LogP contribution in [0.4, 0.5) is 0 Å². The van der Waals surface area contributed by atoms with E-state index in [-0.39, 0.29) is 0 Å². The number of nitrogens with zero attached hydrogens (tertiary/aromatic N) is 2. The van der Waals surface area contributed by atoms with Gasteiger partial charge in [0.2, 0.25) is 0 Å². The molecule has 8 rings (SSSR count). The standard InChI is InChI=1S/C36H24N2/c1-38-34-17-9-8-16-33(34)37-36(38)24-20-18-23(19-21-24)31-22-32-27-12-3-2-10-25(27)26-11-4-6-14-29(26)35(32)30-15-7-5-13-28(30)31/h2-22H,1H3. The molecule has 0 aliphatic rings. The molecule has 0 radical (unpaired) electrons. The molecule has 178 valence electrons. The van der Waals surface area contributed by atoms with Crippen LogP contribution in [0.15, 0.2) is 127 Å². The Bertz CT molecular complexity index is 2180. The molecule has 0 atom stereocenters. The van der Waals surface area contributed by atoms with Crippen molar-refractivity contribution < 1.29 is 0 Å². The van der Waals surface area contributed by atoms with E-state index in [2.05, 4.69) is 133 Å². The second-order valence-corrected chi connectivity index (χ2v) is 10.0. The molecule has 0 bridgehead atoms. The second kappa shape index (κ2) is 8.03. The lowest BCUT2D eigenvalue weighted by atomic mass is 9.87. The van der Waals surface area contributed by atoms with Crippen molar-refractivity contribution >= 4 is 54.1 Å². The summed E-state index contributed by atoms with van der Waals surface area (Å²) in [5.74, 6) is 0.985. The molecule has 1 aromatic heterocycles. The molecule has 0 N–H and O–H groups in total. The highest BCUT2D eigenvalue weighted by Crippen LogP contribution is 2.42. The first-order chi connectivity index (χ1) is 18.8. The number of aromatic nitrogens is 2. The summed E-state index contributed by atoms with van der Waals surface area (Å²) in [6.07, 6.45) is 0. The summed E-state index contributed by atoms with van der Waals surface area (Å²) in [6, 6.07) is 46.0. The predicted octanol–water partition coefficient (Wildman–Crippen LogP) is 9.52. The summed E-state index contributed by atoms with van der Waals surface area (Å²) >= 11 is 0. The fourth-order valence-electron chi connectivity index (χ4n) is 6.21. The number of rotatable bonds is 2. The van der Waals surface area contributed by atoms with Crippen molar-refractivity contribution in [2.45, 2.75) is 0 Å². The molecular weight excluding hydrogens is 460 g/mol. The van der Waals surface area contributed by atoms with E-state index in [4.69, 9.17) is 4.98 Å². The number of imidazole rings is 1. The lowest BCUT2D eigenvalue weighted by Gasteiger charge is -2.16. The molecule has 2 nitrogen and oxygen atoms in total. The average molecular weight is 485 g/mol. The molecule has 0 spiro atoms. The summed E-state index contributed by atoms with van der Waals surface area (Å²) in [5.41, 5.74) is 5.75. The van der Waals surface area contributed by atoms with Crippen LogP contribution in [0, 0.1) is 0 Å². The van der Waals surface area contributed by atoms with Gasteiger partial charge in [0, 0.05) is 12.6 Å². The zero-order chi connectivity index (χ0) is 25.2. The first-order valence-corrected chi connectivity index (χ1v) is 13.0. The van der Waals surface area contributed by atoms with E-state index >= 15 is 0 Å². The van der Waals surface area contributed by atoms with E-state index in [0.29, 0.717) is 0 Å². The monoisotopic (exact) mass is 484 g/mol. The van der Waals surface area contributed by atoms with Gasteiger partial charge in [0.05, 0.1) is 11.0 Å². The fourth-order valence-corrected chi connectivity index (χ4v) is 6.21. The van der Waals surface area contributed by atoms with Gasteiger partial charge in [-0.2, -0.15) is 0 Å². The van der Waals surface area contributed by atoms with Crippen LogP contribution in [-0.4, -0.2) is 9.55 Å². The lowest BCUT2D eigenvalue weighted by Crippen LogP contribution is -1.92. The van der Waals surface area contributed by atoms with Crippen LogP contribution < -0.4 is 0 Å². The van der Waals surface area contributed by atoms with Crippen molar-refractivity contribution in [3.8, 4) is 22.5 Å². The van der Waals surface area contributed by atoms with E-state index in [1.54, 1.807) is 0 Å². The number of hydrogen-bond acceptors (Lipinski definition) is 1. The zero-order valence-corrected chi connectivity index (χ0v) is 21.0. The van der Waals surface area contributed by atoms with Gasteiger partial charge in [-0.05, 0) is 72.4 Å². The van der Waals surface area contributed by atoms with Crippen LogP contribution in [-0.2, 0) is 7.05 Å². The molecular formula is C36H24N2. The van der Waals surface area contributed by atoms with Gasteiger partial charge in [-0.1, -0.05) is 109 Å². The first-order valence-electron chi connectivity index (χ1n) is 13.0. The third-order valence-corrected chi connectivity index (χ3v) is 7.99. The Balaban J connectivity index is 1.40. The molecule has 8 aromatic rings. The molecule has 0 fully saturated rings. The highest BCUT2D eigenvalue weighted by molar-refractivity contribution is 6.33. The van der Waals surface area contributed by atoms with Gasteiger partial charge in [-0.25, -0.2) is 4.98 Å². The van der Waals surface area contributed by atoms with Crippen LogP contribution in [0.2, 0.25) is 0 Å². The Kier molecular flexibility index (Phi) is 4.47. The zero-order valence-electron chi connectivity index (χ0n) is 21.0. The van der Waals surface area contributed by atoms with E-state index in [1.807, 2.05) is 6.07 Å². The summed E-state index contributed by atoms with van der Waals surface area (Å²) in [6.45, 7) is 0. The molecule has 38 heavy (non-hydrogen) atoms. The Hall–Kier alpha value is -4.95. The number of para-hydroxylation sites is 2. The van der Waals surface area contributed by atoms with E-state index in [1.165, 1.54) is 54.2 Å². The maximum absolute atomic E-state index is 4.90. The van der Waals surface area contributed by atoms with Crippen molar-refractivity contribution in [2.75, 3.05) is 0 Å². The minimum absolute atomic E-state index is 0.985. The van der Waals surface area contributed by atoms with Crippen molar-refractivity contribution in [1.29, 1.82) is 0 Å². The van der Waals surface area contributed by atoms with Gasteiger partial charge < -0.3 is 4.57 Å². The first kappa shape index (κ1) is 21.2. The van der Waals surface area contributed by atoms with Crippen LogP contribution in [0.25, 0.3) is 76.6 Å². The van der Waals surface area contributed by atoms with Gasteiger partial charge in [0.15, 0.2) is 0 Å². The normalized spacial score (nSPS) is 11.8. The Morgan fingerprint density at radius 1 is 0.474 bits per heavy atom. The second-order valence-electron chi connectivity index (χ2n) is 10.0. The Morgan fingerprint density at radius 3 is 1.66 bits per heavy atom. The quantitative estimate of drug-likeness (QED) is 0.223. The highest BCUT2D eigenvalue weighted by atomic mass is 15.1. The third-order valence-electron chi connectivity index (χ3n) is 7.99. The molecule has 0 unspecified atom stereocenters. The molecule has 0 aliphatic heterocycles. The molecule has 7 aromatic carbocycles. The number of benzene rings is 7. The number of fused-ring (bicyclic) bond motifs is 9. The maximum atomic E-state index is 4.90. The molecule has 2 heteroatoms. The van der Waals surface area contributed by atoms with Crippen molar-refractivity contribution in [3.63, 3.8) is 0 Å². The summed E-state index contributed by atoms with van der Waals surface area (Å²) in [7, 11) is 2.09. The van der Waals surface area contributed by atoms with Crippen LogP contribution in [0.3, 0.4) is 0 Å². The minimum Gasteiger partial charge on any atom is -0.327 e. The molecule has 0 aliphatic carbocycles. The molecule has 0 amide bonds. The SMILES string of the molecule is Cn1c(-c2ccc(-c3cc4c5ccccc5c5ccccc5c4c4ccccc34)cc2)nc2ccccc21. The van der Waals surface area contributed by atoms with Gasteiger partial charge in [-0.15, -0.1) is 0 Å². The predicted molar refractivity (Wildman–Crippen MR) is 162 cm³/mol. The topological polar surface area (TPSA) is 17.8 Å². The van der Waals surface area contributed by atoms with Crippen molar-refractivity contribution in [1.82, 2.24) is 9.55 Å². The molecule has 0 saturated carbocycles. The Labute approximate surface area is 220 Å². The minimum atomic E-state index is 0.985. The van der Waals surface area contributed by atoms with Gasteiger partial charge in [0.1, 0.15) is 5.82 Å². The van der Waals surface area contributed by atoms with Gasteiger partial charge in [0.25, 0.3) is 0 Å². The van der Waals surface area contributed by atoms with E-state index in [0.717, 1.165) is 22.4 Å². The number of aryl methyl sites for hydroxylation is 1. The molecule has 0 saturated heterocycles. The Morgan fingerprint density at radius 2 is 0.974 bits per heavy atom. The molecule has 1 heterocycles. The van der Waals surface area contributed by atoms with E-state index in [9.17, 15) is 0 Å². The average Bonchev–Trinajstić information content (AvgIpc) is 3.33.